The van der Waals surface area contributed by atoms with Crippen LogP contribution in [-0.4, -0.2) is 102 Å². The van der Waals surface area contributed by atoms with Crippen LogP contribution in [0.2, 0.25) is 15.1 Å². The predicted octanol–water partition coefficient (Wildman–Crippen LogP) is 20.7. The molecule has 2 spiro atoms. The van der Waals surface area contributed by atoms with Crippen molar-refractivity contribution in [2.24, 2.45) is 0 Å². The molecule has 540 valence electrons. The van der Waals surface area contributed by atoms with E-state index < -0.39 is 17.3 Å². The van der Waals surface area contributed by atoms with Gasteiger partial charge in [0.1, 0.15) is 17.1 Å². The van der Waals surface area contributed by atoms with Crippen LogP contribution in [0.15, 0.2) is 224 Å². The van der Waals surface area contributed by atoms with E-state index in [1.54, 1.807) is 54.6 Å². The van der Waals surface area contributed by atoms with Crippen LogP contribution in [0, 0.1) is 0 Å². The molecule has 3 saturated heterocycles. The Labute approximate surface area is 660 Å². The molecule has 9 N–H and O–H groups in total. The molecule has 3 amide bonds. The molecular formula is C79H82Br5Cl3N10O6. The number of halogens is 8. The number of nitrogens with zero attached hydrogens (tertiary/aromatic N) is 4. The molecule has 0 aliphatic carbocycles. The van der Waals surface area contributed by atoms with E-state index in [2.05, 4.69) is 167 Å². The fraction of sp³-hybridized carbons (Fsp3) is 0.253. The second-order valence-corrected chi connectivity index (χ2v) is 31.2. The molecule has 5 aliphatic rings. The first kappa shape index (κ1) is 81.5. The number of nitrogen functional groups attached to an aromatic ring is 2. The van der Waals surface area contributed by atoms with Crippen molar-refractivity contribution in [1.29, 1.82) is 0 Å². The Morgan fingerprint density at radius 3 is 1.33 bits per heavy atom. The zero-order chi connectivity index (χ0) is 73.3. The molecule has 24 heteroatoms. The monoisotopic (exact) mass is 1770 g/mol. The molecule has 0 radical (unpaired) electrons. The van der Waals surface area contributed by atoms with E-state index in [9.17, 15) is 24.0 Å². The lowest BCUT2D eigenvalue weighted by atomic mass is 9.88. The number of hydrogen-bond donors (Lipinski definition) is 7. The molecule has 0 bridgehead atoms. The van der Waals surface area contributed by atoms with Gasteiger partial charge >= 0.3 is 5.97 Å². The summed E-state index contributed by atoms with van der Waals surface area (Å²) in [6.45, 7) is 9.82. The molecule has 9 aromatic carbocycles. The van der Waals surface area contributed by atoms with E-state index in [1.165, 1.54) is 17.2 Å². The standard InChI is InChI=1S/C26H25BrClN3O.C18H17BrClN3O.C13H10BrClN2O.C8H9Br.C7H6BrNO2.C6H11NO.CH4/c1-18(19-5-3-2-4-6-19)30-15-13-26(14-16-30)29-24-17-20(27)7-12-23(24)25(32)31(26)22-10-8-21(28)9-11-22;19-12-1-6-15-16(11-12)22-18(7-9-21-10-8-18)23(17(15)24)14-4-2-13(20)3-5-14;14-8-1-6-11(12(16)7-8)13(18)17-10-4-2-9(15)3-5-10;1-7(9)8-5-3-2-4-6-8;8-4-1-2-5(7(10)11)6(9)3-4;1-7-4-2-6(8)3-5-7;/h2-12,17-18,29H,13-16H2,1H3;1-6,11,21-22H,7-10H2;1-7H,16H2,(H,17,18);2-7H,1H3;1-3H,9H2,(H,10,11);2-5H2,1H3;1H4. The first-order valence-corrected chi connectivity index (χ1v) is 38.2. The lowest BCUT2D eigenvalue weighted by molar-refractivity contribution is -0.121. The van der Waals surface area contributed by atoms with Crippen molar-refractivity contribution in [3.05, 3.63) is 273 Å². The summed E-state index contributed by atoms with van der Waals surface area (Å²) in [6.07, 6.45) is 4.85. The van der Waals surface area contributed by atoms with Gasteiger partial charge in [0.2, 0.25) is 0 Å². The van der Waals surface area contributed by atoms with Gasteiger partial charge < -0.3 is 42.7 Å². The van der Waals surface area contributed by atoms with E-state index in [-0.39, 0.29) is 36.4 Å². The minimum absolute atomic E-state index is 0. The minimum Gasteiger partial charge on any atom is -0.478 e. The number of amides is 3. The summed E-state index contributed by atoms with van der Waals surface area (Å²) in [7, 11) is 2.05. The second-order valence-electron chi connectivity index (χ2n) is 24.9. The number of rotatable bonds is 8. The highest BCUT2D eigenvalue weighted by Crippen LogP contribution is 2.44. The van der Waals surface area contributed by atoms with Gasteiger partial charge in [0, 0.05) is 148 Å². The molecule has 0 saturated carbocycles. The van der Waals surface area contributed by atoms with Crippen molar-refractivity contribution in [1.82, 2.24) is 15.1 Å². The molecule has 14 rings (SSSR count). The SMILES string of the molecule is C.CC(Br)c1ccccc1.CC(c1ccccc1)N1CCC2(CC1)Nc1cc(Br)ccc1C(=O)N2c1ccc(Cl)cc1.CN1CCC(=O)CC1.Nc1cc(Br)ccc1C(=O)Nc1ccc(Cl)cc1.Nc1cc(Br)ccc1C(=O)O.O=C1c2ccc(Br)cc2NC2(CCNCC2)N1c1ccc(Cl)cc1. The smallest absolute Gasteiger partial charge is 0.337 e. The van der Waals surface area contributed by atoms with Crippen LogP contribution in [0.3, 0.4) is 0 Å². The van der Waals surface area contributed by atoms with Gasteiger partial charge in [-0.1, -0.05) is 183 Å². The van der Waals surface area contributed by atoms with Crippen molar-refractivity contribution in [3.63, 3.8) is 0 Å². The topological polar surface area (TPSA) is 219 Å². The highest BCUT2D eigenvalue weighted by molar-refractivity contribution is 9.11. The number of aromatic carboxylic acids is 1. The van der Waals surface area contributed by atoms with E-state index in [0.717, 1.165) is 118 Å². The highest BCUT2D eigenvalue weighted by atomic mass is 79.9. The number of likely N-dealkylation sites (tertiary alicyclic amines) is 2. The average Bonchev–Trinajstić information content (AvgIpc) is 0.741. The zero-order valence-electron chi connectivity index (χ0n) is 56.2. The van der Waals surface area contributed by atoms with Crippen LogP contribution in [0.25, 0.3) is 0 Å². The van der Waals surface area contributed by atoms with Crippen molar-refractivity contribution in [2.75, 3.05) is 83.5 Å². The molecule has 3 fully saturated rings. The van der Waals surface area contributed by atoms with E-state index in [0.29, 0.717) is 59.8 Å². The van der Waals surface area contributed by atoms with E-state index in [1.807, 2.05) is 120 Å². The lowest BCUT2D eigenvalue weighted by Crippen LogP contribution is -2.64. The van der Waals surface area contributed by atoms with Crippen LogP contribution < -0.4 is 42.5 Å². The molecular weight excluding hydrogens is 1690 g/mol. The lowest BCUT2D eigenvalue weighted by Gasteiger charge is -2.53. The van der Waals surface area contributed by atoms with Crippen LogP contribution in [0.5, 0.6) is 0 Å². The third kappa shape index (κ3) is 22.0. The van der Waals surface area contributed by atoms with E-state index in [4.69, 9.17) is 51.4 Å². The maximum absolute atomic E-state index is 13.7. The summed E-state index contributed by atoms with van der Waals surface area (Å²) >= 11 is 34.9. The van der Waals surface area contributed by atoms with Gasteiger partial charge in [0.25, 0.3) is 17.7 Å². The molecule has 9 aromatic rings. The fourth-order valence-electron chi connectivity index (χ4n) is 12.3. The third-order valence-electron chi connectivity index (χ3n) is 17.9. The summed E-state index contributed by atoms with van der Waals surface area (Å²) in [5, 5.41) is 24.1. The Morgan fingerprint density at radius 1 is 0.524 bits per heavy atom. The van der Waals surface area contributed by atoms with Crippen LogP contribution >= 0.6 is 114 Å². The van der Waals surface area contributed by atoms with Crippen LogP contribution in [-0.2, 0) is 4.79 Å². The third-order valence-corrected chi connectivity index (χ3v) is 21.1. The predicted molar refractivity (Wildman–Crippen MR) is 441 cm³/mol. The number of benzene rings is 9. The molecule has 5 heterocycles. The number of alkyl halides is 1. The van der Waals surface area contributed by atoms with Gasteiger partial charge in [0.15, 0.2) is 0 Å². The van der Waals surface area contributed by atoms with Gasteiger partial charge in [-0.05, 0) is 191 Å². The molecule has 5 aliphatic heterocycles. The van der Waals surface area contributed by atoms with Gasteiger partial charge in [-0.2, -0.15) is 0 Å². The number of nitrogens with one attached hydrogen (secondary N) is 4. The Kier molecular flexibility index (Phi) is 30.3. The number of carbonyl (C=O) groups is 5. The van der Waals surface area contributed by atoms with Crippen LogP contribution in [0.1, 0.15) is 123 Å². The summed E-state index contributed by atoms with van der Waals surface area (Å²) in [5.41, 5.74) is 19.8. The first-order chi connectivity index (χ1) is 48.8. The fourth-order valence-corrected chi connectivity index (χ4v) is 14.5. The average molecular weight is 1770 g/mol. The normalized spacial score (nSPS) is 16.1. The Hall–Kier alpha value is -7.12. The van der Waals surface area contributed by atoms with Gasteiger partial charge in [-0.3, -0.25) is 33.9 Å². The van der Waals surface area contributed by atoms with Gasteiger partial charge in [-0.15, -0.1) is 0 Å². The van der Waals surface area contributed by atoms with Gasteiger partial charge in [0.05, 0.1) is 22.3 Å². The van der Waals surface area contributed by atoms with Crippen LogP contribution in [0.4, 0.5) is 39.8 Å². The number of carboxylic acid groups (broad SMARTS) is 1. The summed E-state index contributed by atoms with van der Waals surface area (Å²) in [4.78, 5) is 69.1. The maximum atomic E-state index is 13.7. The van der Waals surface area contributed by atoms with E-state index >= 15 is 0 Å². The molecule has 103 heavy (non-hydrogen) atoms. The number of Topliss-reactive ketones (excluding diaryl/α,β-unsaturated/α-hetero) is 1. The maximum Gasteiger partial charge on any atom is 0.337 e. The highest BCUT2D eigenvalue weighted by Gasteiger charge is 2.49. The molecule has 0 aromatic heterocycles. The number of fused-ring (bicyclic) bond motifs is 2. The zero-order valence-corrected chi connectivity index (χ0v) is 66.4. The number of piperidine rings is 3. The quantitative estimate of drug-likeness (QED) is 0.0557. The Bertz CT molecular complexity index is 4360. The summed E-state index contributed by atoms with van der Waals surface area (Å²) in [6, 6.07) is 64.6. The number of anilines is 7. The number of hydrogen-bond acceptors (Lipinski definition) is 12. The number of carbonyl (C=O) groups excluding carboxylic acids is 4. The molecule has 16 nitrogen and oxygen atoms in total. The van der Waals surface area contributed by atoms with Crippen molar-refractivity contribution >= 4 is 184 Å². The van der Waals surface area contributed by atoms with Crippen molar-refractivity contribution < 1.29 is 29.1 Å². The number of ketones is 1. The summed E-state index contributed by atoms with van der Waals surface area (Å²) in [5.74, 6) is -0.779. The minimum atomic E-state index is -1.00. The van der Waals surface area contributed by atoms with Crippen molar-refractivity contribution in [2.45, 2.75) is 82.0 Å². The molecule has 2 atom stereocenters. The summed E-state index contributed by atoms with van der Waals surface area (Å²) < 4.78 is 3.54. The number of carboxylic acids is 1. The Morgan fingerprint density at radius 2 is 0.922 bits per heavy atom. The van der Waals surface area contributed by atoms with Gasteiger partial charge in [-0.25, -0.2) is 4.79 Å². The Balaban J connectivity index is 0.000000168. The second kappa shape index (κ2) is 38.2. The first-order valence-electron chi connectivity index (χ1n) is 33.0. The number of nitrogens with two attached hydrogens (primary N) is 2. The molecule has 2 unspecified atom stereocenters. The van der Waals surface area contributed by atoms with Crippen molar-refractivity contribution in [3.8, 4) is 0 Å². The largest absolute Gasteiger partial charge is 0.478 e.